The molecule has 0 unspecified atom stereocenters. The predicted molar refractivity (Wildman–Crippen MR) is 115 cm³/mol. The van der Waals surface area contributed by atoms with Gasteiger partial charge in [-0.2, -0.15) is 0 Å². The largest absolute Gasteiger partial charge is 0.450 e. The second-order valence-electron chi connectivity index (χ2n) is 7.43. The molecule has 0 aliphatic carbocycles. The minimum absolute atomic E-state index is 0.0940. The Morgan fingerprint density at radius 3 is 2.37 bits per heavy atom. The molecule has 7 nitrogen and oxygen atoms in total. The van der Waals surface area contributed by atoms with Crippen molar-refractivity contribution in [1.82, 2.24) is 5.32 Å². The number of hydrogen-bond donors (Lipinski definition) is 3. The van der Waals surface area contributed by atoms with Crippen molar-refractivity contribution < 1.29 is 24.0 Å². The third-order valence-electron chi connectivity index (χ3n) is 5.15. The van der Waals surface area contributed by atoms with Gasteiger partial charge in [-0.25, -0.2) is 4.79 Å². The number of ether oxygens (including phenoxy) is 2. The molecule has 1 fully saturated rings. The Morgan fingerprint density at radius 1 is 1.07 bits per heavy atom. The zero-order valence-electron chi connectivity index (χ0n) is 17.6. The number of quaternary nitrogens is 1. The van der Waals surface area contributed by atoms with E-state index in [0.29, 0.717) is 17.9 Å². The summed E-state index contributed by atoms with van der Waals surface area (Å²) in [4.78, 5) is 25.9. The number of rotatable bonds is 7. The van der Waals surface area contributed by atoms with Gasteiger partial charge in [0, 0.05) is 11.3 Å². The molecule has 30 heavy (non-hydrogen) atoms. The van der Waals surface area contributed by atoms with Gasteiger partial charge in [0.2, 0.25) is 0 Å². The molecule has 3 N–H and O–H groups in total. The number of hydrogen-bond acceptors (Lipinski definition) is 4. The van der Waals surface area contributed by atoms with Gasteiger partial charge in [-0.15, -0.1) is 0 Å². The molecule has 1 aliphatic heterocycles. The summed E-state index contributed by atoms with van der Waals surface area (Å²) in [6.45, 7) is 8.28. The normalized spacial score (nSPS) is 15.3. The van der Waals surface area contributed by atoms with Crippen LogP contribution in [-0.2, 0) is 9.47 Å². The summed E-state index contributed by atoms with van der Waals surface area (Å²) < 4.78 is 10.3. The van der Waals surface area contributed by atoms with Crippen molar-refractivity contribution in [2.75, 3.05) is 44.8 Å². The van der Waals surface area contributed by atoms with E-state index in [0.717, 1.165) is 38.4 Å². The van der Waals surface area contributed by atoms with E-state index < -0.39 is 6.09 Å². The first-order valence-corrected chi connectivity index (χ1v) is 10.4. The van der Waals surface area contributed by atoms with E-state index in [9.17, 15) is 9.59 Å². The van der Waals surface area contributed by atoms with Crippen LogP contribution in [0.1, 0.15) is 34.5 Å². The first-order valence-electron chi connectivity index (χ1n) is 10.4. The molecule has 0 aromatic heterocycles. The van der Waals surface area contributed by atoms with Crippen molar-refractivity contribution in [2.45, 2.75) is 19.9 Å². The van der Waals surface area contributed by atoms with Crippen molar-refractivity contribution in [3.05, 3.63) is 65.2 Å². The zero-order chi connectivity index (χ0) is 21.3. The van der Waals surface area contributed by atoms with Gasteiger partial charge in [0.15, 0.2) is 0 Å². The average molecular weight is 413 g/mol. The van der Waals surface area contributed by atoms with Crippen molar-refractivity contribution in [3.63, 3.8) is 0 Å². The first kappa shape index (κ1) is 21.8. The topological polar surface area (TPSA) is 81.1 Å². The SMILES string of the molecule is CCOC(=O)Nc1ccc(C(=O)N[C@@H](C[NH+]2CCOCC2)c2ccc(C)cc2)cc1. The molecule has 1 aliphatic rings. The summed E-state index contributed by atoms with van der Waals surface area (Å²) in [5.41, 5.74) is 3.40. The van der Waals surface area contributed by atoms with Gasteiger partial charge in [0.25, 0.3) is 5.91 Å². The highest BCUT2D eigenvalue weighted by atomic mass is 16.5. The number of morpholine rings is 1. The zero-order valence-corrected chi connectivity index (χ0v) is 17.6. The van der Waals surface area contributed by atoms with Gasteiger partial charge in [-0.3, -0.25) is 10.1 Å². The van der Waals surface area contributed by atoms with Crippen molar-refractivity contribution >= 4 is 17.7 Å². The van der Waals surface area contributed by atoms with Crippen LogP contribution in [0.3, 0.4) is 0 Å². The Balaban J connectivity index is 1.68. The Bertz CT molecular complexity index is 831. The molecule has 7 heteroatoms. The number of anilines is 1. The van der Waals surface area contributed by atoms with E-state index in [1.165, 1.54) is 10.5 Å². The maximum atomic E-state index is 12.9. The summed E-state index contributed by atoms with van der Waals surface area (Å²) in [6.07, 6.45) is -0.511. The number of carbonyl (C=O) groups excluding carboxylic acids is 2. The van der Waals surface area contributed by atoms with Crippen LogP contribution in [0, 0.1) is 6.92 Å². The lowest BCUT2D eigenvalue weighted by Crippen LogP contribution is -3.14. The Morgan fingerprint density at radius 2 is 1.73 bits per heavy atom. The van der Waals surface area contributed by atoms with Gasteiger partial charge in [-0.1, -0.05) is 29.8 Å². The molecule has 0 radical (unpaired) electrons. The fraction of sp³-hybridized carbons (Fsp3) is 0.391. The van der Waals surface area contributed by atoms with E-state index in [4.69, 9.17) is 9.47 Å². The number of nitrogens with one attached hydrogen (secondary N) is 3. The molecule has 2 aromatic rings. The summed E-state index contributed by atoms with van der Waals surface area (Å²) in [5.74, 6) is -0.143. The van der Waals surface area contributed by atoms with Crippen molar-refractivity contribution in [3.8, 4) is 0 Å². The molecule has 1 saturated heterocycles. The Kier molecular flexibility index (Phi) is 7.82. The van der Waals surface area contributed by atoms with Crippen LogP contribution in [0.4, 0.5) is 10.5 Å². The minimum atomic E-state index is -0.511. The van der Waals surface area contributed by atoms with E-state index in [1.54, 1.807) is 31.2 Å². The highest BCUT2D eigenvalue weighted by Crippen LogP contribution is 2.15. The second-order valence-corrected chi connectivity index (χ2v) is 7.43. The number of carbonyl (C=O) groups is 2. The minimum Gasteiger partial charge on any atom is -0.450 e. The maximum Gasteiger partial charge on any atom is 0.411 e. The first-order chi connectivity index (χ1) is 14.5. The molecule has 160 valence electrons. The predicted octanol–water partition coefficient (Wildman–Crippen LogP) is 1.95. The van der Waals surface area contributed by atoms with E-state index >= 15 is 0 Å². The molecule has 0 bridgehead atoms. The average Bonchev–Trinajstić information content (AvgIpc) is 2.75. The second kappa shape index (κ2) is 10.8. The third kappa shape index (κ3) is 6.30. The standard InChI is InChI=1S/C23H29N3O4/c1-3-30-23(28)24-20-10-8-19(9-11-20)22(27)25-21(16-26-12-14-29-15-13-26)18-6-4-17(2)5-7-18/h4-11,21H,3,12-16H2,1-2H3,(H,24,28)(H,25,27)/p+1/t21-/m0/s1. The van der Waals surface area contributed by atoms with Crippen LogP contribution >= 0.6 is 0 Å². The summed E-state index contributed by atoms with van der Waals surface area (Å²) in [6, 6.07) is 15.0. The highest BCUT2D eigenvalue weighted by Gasteiger charge is 2.23. The molecule has 2 amide bonds. The lowest BCUT2D eigenvalue weighted by molar-refractivity contribution is -0.909. The molecular formula is C23H30N3O4+. The molecular weight excluding hydrogens is 382 g/mol. The monoisotopic (exact) mass is 412 g/mol. The van der Waals surface area contributed by atoms with E-state index in [-0.39, 0.29) is 11.9 Å². The maximum absolute atomic E-state index is 12.9. The summed E-state index contributed by atoms with van der Waals surface area (Å²) in [7, 11) is 0. The van der Waals surface area contributed by atoms with E-state index in [2.05, 4.69) is 41.8 Å². The fourth-order valence-corrected chi connectivity index (χ4v) is 3.44. The fourth-order valence-electron chi connectivity index (χ4n) is 3.44. The van der Waals surface area contributed by atoms with Gasteiger partial charge >= 0.3 is 6.09 Å². The summed E-state index contributed by atoms with van der Waals surface area (Å²) in [5, 5.41) is 5.81. The van der Waals surface area contributed by atoms with Crippen LogP contribution in [0.5, 0.6) is 0 Å². The molecule has 1 heterocycles. The molecule has 3 rings (SSSR count). The van der Waals surface area contributed by atoms with Crippen LogP contribution < -0.4 is 15.5 Å². The van der Waals surface area contributed by atoms with Crippen LogP contribution in [0.2, 0.25) is 0 Å². The number of benzene rings is 2. The lowest BCUT2D eigenvalue weighted by Gasteiger charge is -2.28. The molecule has 1 atom stereocenters. The van der Waals surface area contributed by atoms with Crippen LogP contribution in [-0.4, -0.2) is 51.5 Å². The van der Waals surface area contributed by atoms with Gasteiger partial charge < -0.3 is 19.7 Å². The quantitative estimate of drug-likeness (QED) is 0.649. The number of aryl methyl sites for hydroxylation is 1. The highest BCUT2D eigenvalue weighted by molar-refractivity contribution is 5.95. The van der Waals surface area contributed by atoms with Crippen molar-refractivity contribution in [2.24, 2.45) is 0 Å². The van der Waals surface area contributed by atoms with Gasteiger partial charge in [-0.05, 0) is 43.7 Å². The lowest BCUT2D eigenvalue weighted by atomic mass is 10.0. The number of amides is 2. The molecule has 2 aromatic carbocycles. The van der Waals surface area contributed by atoms with Crippen LogP contribution in [0.25, 0.3) is 0 Å². The Labute approximate surface area is 177 Å². The Hall–Kier alpha value is -2.90. The third-order valence-corrected chi connectivity index (χ3v) is 5.15. The molecule has 0 spiro atoms. The summed E-state index contributed by atoms with van der Waals surface area (Å²) >= 11 is 0. The molecule has 0 saturated carbocycles. The van der Waals surface area contributed by atoms with Crippen molar-refractivity contribution in [1.29, 1.82) is 0 Å². The van der Waals surface area contributed by atoms with Crippen LogP contribution in [0.15, 0.2) is 48.5 Å². The van der Waals surface area contributed by atoms with Gasteiger partial charge in [0.05, 0.1) is 19.8 Å². The smallest absolute Gasteiger partial charge is 0.411 e. The van der Waals surface area contributed by atoms with Gasteiger partial charge in [0.1, 0.15) is 25.7 Å². The van der Waals surface area contributed by atoms with E-state index in [1.807, 2.05) is 0 Å².